The highest BCUT2D eigenvalue weighted by molar-refractivity contribution is 9.10. The van der Waals surface area contributed by atoms with Gasteiger partial charge in [-0.2, -0.15) is 0 Å². The fourth-order valence-electron chi connectivity index (χ4n) is 2.95. The highest BCUT2D eigenvalue weighted by Gasteiger charge is 2.35. The van der Waals surface area contributed by atoms with E-state index in [-0.39, 0.29) is 11.9 Å². The largest absolute Gasteiger partial charge is 0.319 e. The zero-order valence-electron chi connectivity index (χ0n) is 10.9. The molecule has 0 bridgehead atoms. The van der Waals surface area contributed by atoms with Gasteiger partial charge in [-0.15, -0.1) is 0 Å². The minimum absolute atomic E-state index is 0.0929. The van der Waals surface area contributed by atoms with Gasteiger partial charge in [-0.25, -0.2) is 4.39 Å². The molecule has 100 valence electrons. The van der Waals surface area contributed by atoms with Crippen LogP contribution in [0.4, 0.5) is 4.39 Å². The third kappa shape index (κ3) is 2.76. The number of likely N-dealkylation sites (tertiary alicyclic amines) is 1. The Balaban J connectivity index is 2.33. The van der Waals surface area contributed by atoms with Gasteiger partial charge in [-0.3, -0.25) is 4.90 Å². The predicted molar refractivity (Wildman–Crippen MR) is 76.1 cm³/mol. The number of rotatable bonds is 4. The Labute approximate surface area is 117 Å². The number of benzene rings is 1. The summed E-state index contributed by atoms with van der Waals surface area (Å²) in [5, 5.41) is 3.23. The van der Waals surface area contributed by atoms with Gasteiger partial charge in [-0.05, 0) is 57.2 Å². The molecule has 1 aliphatic heterocycles. The lowest BCUT2D eigenvalue weighted by Crippen LogP contribution is -2.29. The topological polar surface area (TPSA) is 15.3 Å². The molecule has 2 rings (SSSR count). The van der Waals surface area contributed by atoms with Crippen molar-refractivity contribution in [3.8, 4) is 0 Å². The maximum Gasteiger partial charge on any atom is 0.128 e. The maximum absolute atomic E-state index is 14.1. The van der Waals surface area contributed by atoms with E-state index in [1.54, 1.807) is 12.1 Å². The normalized spacial score (nSPS) is 24.7. The van der Waals surface area contributed by atoms with Crippen LogP contribution in [0.15, 0.2) is 22.7 Å². The molecule has 1 aliphatic rings. The zero-order chi connectivity index (χ0) is 13.1. The van der Waals surface area contributed by atoms with Crippen LogP contribution < -0.4 is 5.32 Å². The zero-order valence-corrected chi connectivity index (χ0v) is 12.5. The van der Waals surface area contributed by atoms with Gasteiger partial charge in [0.05, 0.1) is 0 Å². The molecule has 0 spiro atoms. The molecular formula is C14H20BrFN2. The quantitative estimate of drug-likeness (QED) is 0.918. The Morgan fingerprint density at radius 1 is 1.50 bits per heavy atom. The second-order valence-corrected chi connectivity index (χ2v) is 5.76. The predicted octanol–water partition coefficient (Wildman–Crippen LogP) is 3.19. The standard InChI is InChI=1S/C14H20BrFN2/c1-3-18-7-6-10(9-17-2)14(18)12-8-11(15)4-5-13(12)16/h4-5,8,10,14,17H,3,6-7,9H2,1-2H3. The van der Waals surface area contributed by atoms with Crippen molar-refractivity contribution in [3.63, 3.8) is 0 Å². The lowest BCUT2D eigenvalue weighted by atomic mass is 9.93. The molecule has 18 heavy (non-hydrogen) atoms. The Morgan fingerprint density at radius 3 is 2.94 bits per heavy atom. The van der Waals surface area contributed by atoms with Gasteiger partial charge in [0.15, 0.2) is 0 Å². The van der Waals surface area contributed by atoms with Crippen molar-refractivity contribution in [2.24, 2.45) is 5.92 Å². The van der Waals surface area contributed by atoms with Gasteiger partial charge >= 0.3 is 0 Å². The average Bonchev–Trinajstić information content (AvgIpc) is 2.75. The molecule has 2 nitrogen and oxygen atoms in total. The maximum atomic E-state index is 14.1. The molecule has 1 N–H and O–H groups in total. The van der Waals surface area contributed by atoms with E-state index < -0.39 is 0 Å². The monoisotopic (exact) mass is 314 g/mol. The van der Waals surface area contributed by atoms with E-state index in [9.17, 15) is 4.39 Å². The number of nitrogens with zero attached hydrogens (tertiary/aromatic N) is 1. The van der Waals surface area contributed by atoms with Crippen molar-refractivity contribution in [1.29, 1.82) is 0 Å². The highest BCUT2D eigenvalue weighted by Crippen LogP contribution is 2.38. The molecule has 4 heteroatoms. The first-order valence-electron chi connectivity index (χ1n) is 6.51. The van der Waals surface area contributed by atoms with E-state index in [4.69, 9.17) is 0 Å². The summed E-state index contributed by atoms with van der Waals surface area (Å²) in [4.78, 5) is 2.37. The van der Waals surface area contributed by atoms with Crippen LogP contribution in [0, 0.1) is 11.7 Å². The van der Waals surface area contributed by atoms with Gasteiger partial charge in [-0.1, -0.05) is 22.9 Å². The van der Waals surface area contributed by atoms with E-state index in [2.05, 4.69) is 33.1 Å². The van der Waals surface area contributed by atoms with Crippen LogP contribution in [0.2, 0.25) is 0 Å². The summed E-state index contributed by atoms with van der Waals surface area (Å²) >= 11 is 3.44. The van der Waals surface area contributed by atoms with Crippen LogP contribution in [0.3, 0.4) is 0 Å². The van der Waals surface area contributed by atoms with Gasteiger partial charge < -0.3 is 5.32 Å². The Bertz CT molecular complexity index is 411. The molecule has 1 saturated heterocycles. The van der Waals surface area contributed by atoms with E-state index in [0.717, 1.165) is 36.1 Å². The summed E-state index contributed by atoms with van der Waals surface area (Å²) in [6.45, 7) is 5.11. The number of nitrogens with one attached hydrogen (secondary N) is 1. The molecule has 0 saturated carbocycles. The molecule has 0 amide bonds. The fourth-order valence-corrected chi connectivity index (χ4v) is 3.33. The Morgan fingerprint density at radius 2 is 2.28 bits per heavy atom. The summed E-state index contributed by atoms with van der Waals surface area (Å²) in [5.74, 6) is 0.392. The molecular weight excluding hydrogens is 295 g/mol. The smallest absolute Gasteiger partial charge is 0.128 e. The van der Waals surface area contributed by atoms with Crippen molar-refractivity contribution in [2.45, 2.75) is 19.4 Å². The minimum Gasteiger partial charge on any atom is -0.319 e. The van der Waals surface area contributed by atoms with Crippen molar-refractivity contribution < 1.29 is 4.39 Å². The number of halogens is 2. The van der Waals surface area contributed by atoms with Crippen molar-refractivity contribution >= 4 is 15.9 Å². The highest BCUT2D eigenvalue weighted by atomic mass is 79.9. The summed E-state index contributed by atoms with van der Waals surface area (Å²) in [6, 6.07) is 5.44. The molecule has 0 aliphatic carbocycles. The van der Waals surface area contributed by atoms with Gasteiger partial charge in [0.25, 0.3) is 0 Å². The lowest BCUT2D eigenvalue weighted by Gasteiger charge is -2.28. The van der Waals surface area contributed by atoms with Crippen molar-refractivity contribution in [2.75, 3.05) is 26.7 Å². The molecule has 1 aromatic rings. The molecule has 1 aromatic carbocycles. The van der Waals surface area contributed by atoms with E-state index >= 15 is 0 Å². The third-order valence-electron chi connectivity index (χ3n) is 3.78. The fraction of sp³-hybridized carbons (Fsp3) is 0.571. The van der Waals surface area contributed by atoms with Crippen LogP contribution in [0.25, 0.3) is 0 Å². The van der Waals surface area contributed by atoms with Crippen LogP contribution in [-0.2, 0) is 0 Å². The third-order valence-corrected chi connectivity index (χ3v) is 4.27. The van der Waals surface area contributed by atoms with Gasteiger partial charge in [0, 0.05) is 16.1 Å². The molecule has 1 heterocycles. The summed E-state index contributed by atoms with van der Waals surface area (Å²) in [5.41, 5.74) is 0.823. The summed E-state index contributed by atoms with van der Waals surface area (Å²) in [7, 11) is 1.96. The second-order valence-electron chi connectivity index (χ2n) is 4.85. The second kappa shape index (κ2) is 6.13. The van der Waals surface area contributed by atoms with Crippen LogP contribution in [0.5, 0.6) is 0 Å². The Hall–Kier alpha value is -0.450. The first-order valence-corrected chi connectivity index (χ1v) is 7.30. The van der Waals surface area contributed by atoms with Crippen LogP contribution in [-0.4, -0.2) is 31.6 Å². The van der Waals surface area contributed by atoms with E-state index in [0.29, 0.717) is 5.92 Å². The van der Waals surface area contributed by atoms with Crippen LogP contribution in [0.1, 0.15) is 24.9 Å². The van der Waals surface area contributed by atoms with Crippen molar-refractivity contribution in [1.82, 2.24) is 10.2 Å². The summed E-state index contributed by atoms with van der Waals surface area (Å²) in [6.07, 6.45) is 1.13. The van der Waals surface area contributed by atoms with E-state index in [1.807, 2.05) is 13.1 Å². The number of hydrogen-bond donors (Lipinski definition) is 1. The molecule has 2 unspecified atom stereocenters. The Kier molecular flexibility index (Phi) is 4.76. The van der Waals surface area contributed by atoms with E-state index in [1.165, 1.54) is 0 Å². The minimum atomic E-state index is -0.0929. The number of hydrogen-bond acceptors (Lipinski definition) is 2. The molecule has 2 atom stereocenters. The molecule has 0 radical (unpaired) electrons. The molecule has 0 aromatic heterocycles. The average molecular weight is 315 g/mol. The first-order chi connectivity index (χ1) is 8.67. The van der Waals surface area contributed by atoms with Crippen molar-refractivity contribution in [3.05, 3.63) is 34.1 Å². The molecule has 1 fully saturated rings. The lowest BCUT2D eigenvalue weighted by molar-refractivity contribution is 0.232. The summed E-state index contributed by atoms with van der Waals surface area (Å²) < 4.78 is 15.0. The van der Waals surface area contributed by atoms with Crippen LogP contribution >= 0.6 is 15.9 Å². The SMILES string of the molecule is CCN1CCC(CNC)C1c1cc(Br)ccc1F. The van der Waals surface area contributed by atoms with Gasteiger partial charge in [0.2, 0.25) is 0 Å². The first kappa shape index (κ1) is 14.0. The van der Waals surface area contributed by atoms with Gasteiger partial charge in [0.1, 0.15) is 5.82 Å².